The first-order valence-corrected chi connectivity index (χ1v) is 16.2. The number of anilines is 2. The van der Waals surface area contributed by atoms with Crippen molar-refractivity contribution in [2.45, 2.75) is 19.5 Å². The van der Waals surface area contributed by atoms with E-state index in [0.29, 0.717) is 51.0 Å². The Labute approximate surface area is 255 Å². The largest absolute Gasteiger partial charge is 0.461 e. The van der Waals surface area contributed by atoms with Gasteiger partial charge in [-0.1, -0.05) is 18.2 Å². The number of nitrogens with two attached hydrogens (primary N) is 1. The van der Waals surface area contributed by atoms with Crippen LogP contribution in [-0.4, -0.2) is 101 Å². The standard InChI is InChI=1S/C30H34N8O5S/c1-2-3-26(39)43-19-24-20-44(40,41)15-12-37(24)18-21-4-6-23(7-5-21)38-9-8-25-27(22-16-32-29(31)33-17-22)34-30(35-28(25)38)36-10-13-42-14-11-36/h2-9,16-17,24H,10-15,18-20H2,1H3,(H2,31,32,33)/b3-2+. The number of esters is 1. The van der Waals surface area contributed by atoms with Gasteiger partial charge in [0.2, 0.25) is 11.9 Å². The van der Waals surface area contributed by atoms with Crippen LogP contribution >= 0.6 is 0 Å². The van der Waals surface area contributed by atoms with Gasteiger partial charge in [-0.2, -0.15) is 4.98 Å². The van der Waals surface area contributed by atoms with Crippen molar-refractivity contribution in [1.29, 1.82) is 0 Å². The molecule has 0 radical (unpaired) electrons. The summed E-state index contributed by atoms with van der Waals surface area (Å²) in [6.45, 7) is 5.22. The molecule has 3 aromatic heterocycles. The van der Waals surface area contributed by atoms with Crippen LogP contribution in [0.1, 0.15) is 12.5 Å². The maximum Gasteiger partial charge on any atom is 0.330 e. The SMILES string of the molecule is C/C=C/C(=O)OCC1CS(=O)(=O)CCN1Cc1ccc(-n2ccc3c(-c4cnc(N)nc4)nc(N4CCOCC4)nc32)cc1. The lowest BCUT2D eigenvalue weighted by Crippen LogP contribution is -2.50. The summed E-state index contributed by atoms with van der Waals surface area (Å²) in [5.74, 6) is 0.344. The Morgan fingerprint density at radius 2 is 1.84 bits per heavy atom. The molecule has 2 saturated heterocycles. The number of morpholine rings is 1. The highest BCUT2D eigenvalue weighted by Crippen LogP contribution is 2.31. The van der Waals surface area contributed by atoms with Crippen LogP contribution in [0.2, 0.25) is 0 Å². The molecular weight excluding hydrogens is 584 g/mol. The van der Waals surface area contributed by atoms with Crippen LogP contribution < -0.4 is 10.6 Å². The quantitative estimate of drug-likeness (QED) is 0.227. The van der Waals surface area contributed by atoms with Gasteiger partial charge in [0.1, 0.15) is 6.61 Å². The van der Waals surface area contributed by atoms with Gasteiger partial charge in [-0.15, -0.1) is 0 Å². The molecular formula is C30H34N8O5S. The van der Waals surface area contributed by atoms with E-state index in [4.69, 9.17) is 25.2 Å². The molecule has 0 amide bonds. The minimum Gasteiger partial charge on any atom is -0.461 e. The molecule has 44 heavy (non-hydrogen) atoms. The lowest BCUT2D eigenvalue weighted by Gasteiger charge is -2.35. The zero-order valence-corrected chi connectivity index (χ0v) is 25.2. The molecule has 14 heteroatoms. The molecule has 0 bridgehead atoms. The second-order valence-electron chi connectivity index (χ2n) is 10.8. The smallest absolute Gasteiger partial charge is 0.330 e. The van der Waals surface area contributed by atoms with Crippen molar-refractivity contribution in [3.63, 3.8) is 0 Å². The van der Waals surface area contributed by atoms with E-state index in [-0.39, 0.29) is 24.1 Å². The number of allylic oxidation sites excluding steroid dienone is 1. The first kappa shape index (κ1) is 29.7. The van der Waals surface area contributed by atoms with E-state index in [1.54, 1.807) is 25.4 Å². The zero-order valence-electron chi connectivity index (χ0n) is 24.4. The maximum absolute atomic E-state index is 12.4. The molecule has 2 aliphatic heterocycles. The van der Waals surface area contributed by atoms with Crippen LogP contribution in [0.3, 0.4) is 0 Å². The predicted molar refractivity (Wildman–Crippen MR) is 166 cm³/mol. The summed E-state index contributed by atoms with van der Waals surface area (Å²) in [5.41, 5.74) is 9.86. The number of rotatable bonds is 8. The summed E-state index contributed by atoms with van der Waals surface area (Å²) in [4.78, 5) is 34.3. The van der Waals surface area contributed by atoms with Crippen molar-refractivity contribution in [3.05, 3.63) is 66.6 Å². The predicted octanol–water partition coefficient (Wildman–Crippen LogP) is 2.01. The fourth-order valence-electron chi connectivity index (χ4n) is 5.44. The number of hydrogen-bond acceptors (Lipinski definition) is 12. The molecule has 230 valence electrons. The fourth-order valence-corrected chi connectivity index (χ4v) is 7.01. The Hall–Kier alpha value is -4.40. The van der Waals surface area contributed by atoms with E-state index in [2.05, 4.69) is 19.8 Å². The van der Waals surface area contributed by atoms with Crippen LogP contribution in [0, 0.1) is 0 Å². The normalized spacial score (nSPS) is 19.0. The number of nitrogen functional groups attached to an aromatic ring is 1. The average Bonchev–Trinajstić information content (AvgIpc) is 3.46. The summed E-state index contributed by atoms with van der Waals surface area (Å²) < 4.78 is 37.6. The number of carbonyl (C=O) groups excluding carboxylic acids is 1. The van der Waals surface area contributed by atoms with Crippen LogP contribution in [-0.2, 0) is 30.7 Å². The monoisotopic (exact) mass is 618 g/mol. The van der Waals surface area contributed by atoms with Gasteiger partial charge in [0.05, 0.1) is 36.5 Å². The third-order valence-electron chi connectivity index (χ3n) is 7.74. The van der Waals surface area contributed by atoms with E-state index in [1.807, 2.05) is 41.1 Å². The van der Waals surface area contributed by atoms with Gasteiger partial charge in [0, 0.05) is 67.5 Å². The highest BCUT2D eigenvalue weighted by molar-refractivity contribution is 7.91. The minimum absolute atomic E-state index is 0.0163. The molecule has 0 aliphatic carbocycles. The van der Waals surface area contributed by atoms with Crippen molar-refractivity contribution in [1.82, 2.24) is 29.4 Å². The van der Waals surface area contributed by atoms with Gasteiger partial charge in [-0.25, -0.2) is 28.2 Å². The van der Waals surface area contributed by atoms with E-state index in [1.165, 1.54) is 6.08 Å². The number of sulfone groups is 1. The van der Waals surface area contributed by atoms with Gasteiger partial charge in [0.15, 0.2) is 15.5 Å². The van der Waals surface area contributed by atoms with Crippen molar-refractivity contribution in [2.75, 3.05) is 61.6 Å². The molecule has 1 atom stereocenters. The summed E-state index contributed by atoms with van der Waals surface area (Å²) in [6, 6.07) is 9.63. The Bertz CT molecular complexity index is 1770. The molecule has 0 saturated carbocycles. The second-order valence-corrected chi connectivity index (χ2v) is 13.0. The van der Waals surface area contributed by atoms with Gasteiger partial charge in [0.25, 0.3) is 0 Å². The van der Waals surface area contributed by atoms with Gasteiger partial charge >= 0.3 is 5.97 Å². The van der Waals surface area contributed by atoms with E-state index < -0.39 is 21.8 Å². The number of benzene rings is 1. The summed E-state index contributed by atoms with van der Waals surface area (Å²) in [7, 11) is -3.20. The second kappa shape index (κ2) is 12.7. The molecule has 0 spiro atoms. The molecule has 1 unspecified atom stereocenters. The number of fused-ring (bicyclic) bond motifs is 1. The highest BCUT2D eigenvalue weighted by Gasteiger charge is 2.32. The number of aromatic nitrogens is 5. The van der Waals surface area contributed by atoms with Crippen LogP contribution in [0.15, 0.2) is 61.1 Å². The number of nitrogens with zero attached hydrogens (tertiary/aromatic N) is 7. The Kier molecular flexibility index (Phi) is 8.55. The van der Waals surface area contributed by atoms with Gasteiger partial charge in [-0.3, -0.25) is 4.90 Å². The summed E-state index contributed by atoms with van der Waals surface area (Å²) >= 11 is 0. The zero-order chi connectivity index (χ0) is 30.7. The molecule has 6 rings (SSSR count). The van der Waals surface area contributed by atoms with Crippen LogP contribution in [0.5, 0.6) is 0 Å². The maximum atomic E-state index is 12.4. The number of ether oxygens (including phenoxy) is 2. The number of hydrogen-bond donors (Lipinski definition) is 1. The first-order valence-electron chi connectivity index (χ1n) is 14.4. The number of carbonyl (C=O) groups is 1. The minimum atomic E-state index is -3.20. The summed E-state index contributed by atoms with van der Waals surface area (Å²) in [6.07, 6.45) is 8.21. The highest BCUT2D eigenvalue weighted by atomic mass is 32.2. The van der Waals surface area contributed by atoms with Crippen LogP contribution in [0.4, 0.5) is 11.9 Å². The van der Waals surface area contributed by atoms with E-state index >= 15 is 0 Å². The lowest BCUT2D eigenvalue weighted by atomic mass is 10.1. The molecule has 2 N–H and O–H groups in total. The molecule has 13 nitrogen and oxygen atoms in total. The first-order chi connectivity index (χ1) is 21.3. The van der Waals surface area contributed by atoms with E-state index in [9.17, 15) is 13.2 Å². The van der Waals surface area contributed by atoms with Crippen molar-refractivity contribution in [2.24, 2.45) is 0 Å². The third-order valence-corrected chi connectivity index (χ3v) is 9.44. The van der Waals surface area contributed by atoms with Gasteiger partial charge in [-0.05, 0) is 30.7 Å². The van der Waals surface area contributed by atoms with E-state index in [0.717, 1.165) is 27.8 Å². The molecule has 1 aromatic carbocycles. The average molecular weight is 619 g/mol. The fraction of sp³-hybridized carbons (Fsp3) is 0.367. The Morgan fingerprint density at radius 3 is 2.57 bits per heavy atom. The van der Waals surface area contributed by atoms with Gasteiger partial charge < -0.3 is 24.7 Å². The van der Waals surface area contributed by atoms with Crippen molar-refractivity contribution < 1.29 is 22.7 Å². The van der Waals surface area contributed by atoms with Crippen molar-refractivity contribution in [3.8, 4) is 16.9 Å². The molecule has 2 fully saturated rings. The topological polar surface area (TPSA) is 159 Å². The Morgan fingerprint density at radius 1 is 1.09 bits per heavy atom. The summed E-state index contributed by atoms with van der Waals surface area (Å²) in [5, 5.41) is 0.851. The molecule has 2 aliphatic rings. The lowest BCUT2D eigenvalue weighted by molar-refractivity contribution is -0.139. The third kappa shape index (κ3) is 6.56. The van der Waals surface area contributed by atoms with Crippen LogP contribution in [0.25, 0.3) is 28.0 Å². The molecule has 4 aromatic rings. The Balaban J connectivity index is 1.28. The molecule has 5 heterocycles. The van der Waals surface area contributed by atoms with Crippen molar-refractivity contribution >= 4 is 38.7 Å².